The number of methoxy groups -OCH3 is 1. The van der Waals surface area contributed by atoms with Crippen LogP contribution in [0.2, 0.25) is 0 Å². The molecule has 0 atom stereocenters. The third-order valence-corrected chi connectivity index (χ3v) is 4.76. The molecule has 0 aromatic heterocycles. The van der Waals surface area contributed by atoms with Crippen molar-refractivity contribution in [2.75, 3.05) is 13.7 Å². The topological polar surface area (TPSA) is 80.2 Å². The van der Waals surface area contributed by atoms with Crippen LogP contribution in [0.15, 0.2) is 58.1 Å². The van der Waals surface area contributed by atoms with Gasteiger partial charge >= 0.3 is 0 Å². The van der Waals surface area contributed by atoms with Crippen LogP contribution in [0, 0.1) is 12.3 Å². The Morgan fingerprint density at radius 3 is 2.66 bits per heavy atom. The van der Waals surface area contributed by atoms with Crippen molar-refractivity contribution in [2.24, 2.45) is 5.10 Å². The second-order valence-corrected chi connectivity index (χ2v) is 6.79. The quantitative estimate of drug-likeness (QED) is 0.335. The maximum atomic E-state index is 12.4. The Morgan fingerprint density at radius 2 is 1.97 bits per heavy atom. The number of amides is 1. The van der Waals surface area contributed by atoms with Gasteiger partial charge < -0.3 is 14.6 Å². The first kappa shape index (κ1) is 20.2. The largest absolute Gasteiger partial charge is 0.507 e. The van der Waals surface area contributed by atoms with Gasteiger partial charge in [-0.1, -0.05) is 30.2 Å². The lowest BCUT2D eigenvalue weighted by Crippen LogP contribution is -2.17. The predicted octanol–water partition coefficient (Wildman–Crippen LogP) is 4.09. The maximum Gasteiger partial charge on any atom is 0.275 e. The molecule has 0 bridgehead atoms. The number of hydrogen-bond donors (Lipinski definition) is 2. The standard InChI is InChI=1S/C22H17BrN2O4/c1-3-8-29-21-12-18(23)16(11-20(21)28-2)13-24-25-22(27)17-9-14-6-4-5-7-15(14)10-19(17)26/h1,4-7,9-13,26H,8H2,2H3,(H,25,27). The fourth-order valence-electron chi connectivity index (χ4n) is 2.67. The molecule has 6 nitrogen and oxygen atoms in total. The van der Waals surface area contributed by atoms with Gasteiger partial charge in [-0.25, -0.2) is 5.43 Å². The number of phenols is 1. The minimum absolute atomic E-state index is 0.113. The molecule has 0 heterocycles. The second kappa shape index (κ2) is 9.13. The van der Waals surface area contributed by atoms with E-state index < -0.39 is 5.91 Å². The van der Waals surface area contributed by atoms with Gasteiger partial charge in [0.05, 0.1) is 18.9 Å². The Labute approximate surface area is 176 Å². The van der Waals surface area contributed by atoms with E-state index in [1.165, 1.54) is 13.3 Å². The number of terminal acetylenes is 1. The first-order valence-electron chi connectivity index (χ1n) is 8.52. The van der Waals surface area contributed by atoms with Gasteiger partial charge in [0.1, 0.15) is 12.4 Å². The van der Waals surface area contributed by atoms with Crippen molar-refractivity contribution >= 4 is 38.8 Å². The van der Waals surface area contributed by atoms with E-state index in [4.69, 9.17) is 15.9 Å². The summed E-state index contributed by atoms with van der Waals surface area (Å²) in [5.41, 5.74) is 3.20. The van der Waals surface area contributed by atoms with Crippen LogP contribution in [-0.4, -0.2) is 30.9 Å². The number of hydrogen-bond acceptors (Lipinski definition) is 5. The highest BCUT2D eigenvalue weighted by molar-refractivity contribution is 9.10. The molecule has 0 fully saturated rings. The normalized spacial score (nSPS) is 10.7. The molecule has 7 heteroatoms. The summed E-state index contributed by atoms with van der Waals surface area (Å²) in [6.07, 6.45) is 6.66. The van der Waals surface area contributed by atoms with E-state index in [-0.39, 0.29) is 17.9 Å². The van der Waals surface area contributed by atoms with E-state index in [1.807, 2.05) is 24.3 Å². The Morgan fingerprint density at radius 1 is 1.24 bits per heavy atom. The predicted molar refractivity (Wildman–Crippen MR) is 116 cm³/mol. The zero-order valence-corrected chi connectivity index (χ0v) is 17.1. The van der Waals surface area contributed by atoms with E-state index in [0.29, 0.717) is 21.5 Å². The highest BCUT2D eigenvalue weighted by Gasteiger charge is 2.12. The van der Waals surface area contributed by atoms with Crippen LogP contribution in [0.1, 0.15) is 15.9 Å². The molecule has 0 spiro atoms. The minimum atomic E-state index is -0.526. The molecule has 29 heavy (non-hydrogen) atoms. The van der Waals surface area contributed by atoms with Crippen LogP contribution < -0.4 is 14.9 Å². The zero-order valence-electron chi connectivity index (χ0n) is 15.5. The monoisotopic (exact) mass is 452 g/mol. The summed E-state index contributed by atoms with van der Waals surface area (Å²) in [6.45, 7) is 0.113. The number of nitrogens with one attached hydrogen (secondary N) is 1. The Hall–Kier alpha value is -3.50. The molecule has 146 valence electrons. The Balaban J connectivity index is 1.78. The summed E-state index contributed by atoms with van der Waals surface area (Å²) < 4.78 is 11.4. The third kappa shape index (κ3) is 4.68. The first-order valence-corrected chi connectivity index (χ1v) is 9.31. The lowest BCUT2D eigenvalue weighted by Gasteiger charge is -2.11. The zero-order chi connectivity index (χ0) is 20.8. The van der Waals surface area contributed by atoms with Crippen molar-refractivity contribution in [1.82, 2.24) is 5.43 Å². The van der Waals surface area contributed by atoms with E-state index in [9.17, 15) is 9.90 Å². The summed E-state index contributed by atoms with van der Waals surface area (Å²) in [7, 11) is 1.51. The molecule has 1 amide bonds. The molecular weight excluding hydrogens is 436 g/mol. The molecule has 0 aliphatic rings. The van der Waals surface area contributed by atoms with Crippen molar-refractivity contribution in [3.8, 4) is 29.6 Å². The second-order valence-electron chi connectivity index (χ2n) is 5.93. The number of fused-ring (bicyclic) bond motifs is 1. The fraction of sp³-hybridized carbons (Fsp3) is 0.0909. The third-order valence-electron chi connectivity index (χ3n) is 4.07. The van der Waals surface area contributed by atoms with Crippen molar-refractivity contribution in [3.63, 3.8) is 0 Å². The smallest absolute Gasteiger partial charge is 0.275 e. The van der Waals surface area contributed by atoms with Crippen LogP contribution in [0.4, 0.5) is 0 Å². The van der Waals surface area contributed by atoms with Gasteiger partial charge in [-0.2, -0.15) is 5.10 Å². The van der Waals surface area contributed by atoms with Crippen LogP contribution in [-0.2, 0) is 0 Å². The van der Waals surface area contributed by atoms with E-state index in [0.717, 1.165) is 10.8 Å². The average molecular weight is 453 g/mol. The molecule has 3 rings (SSSR count). The van der Waals surface area contributed by atoms with E-state index in [2.05, 4.69) is 32.4 Å². The lowest BCUT2D eigenvalue weighted by molar-refractivity contribution is 0.0952. The van der Waals surface area contributed by atoms with Gasteiger partial charge in [0.2, 0.25) is 0 Å². The highest BCUT2D eigenvalue weighted by atomic mass is 79.9. The van der Waals surface area contributed by atoms with Gasteiger partial charge in [0.25, 0.3) is 5.91 Å². The van der Waals surface area contributed by atoms with Gasteiger partial charge in [-0.3, -0.25) is 4.79 Å². The van der Waals surface area contributed by atoms with Gasteiger partial charge in [-0.05, 0) is 51.0 Å². The number of phenolic OH excluding ortho intramolecular Hbond substituents is 1. The molecule has 2 N–H and O–H groups in total. The molecule has 0 saturated heterocycles. The Kier molecular flexibility index (Phi) is 6.37. The number of hydrazone groups is 1. The van der Waals surface area contributed by atoms with Gasteiger partial charge in [0, 0.05) is 10.0 Å². The molecule has 0 radical (unpaired) electrons. The highest BCUT2D eigenvalue weighted by Crippen LogP contribution is 2.33. The van der Waals surface area contributed by atoms with Crippen LogP contribution in [0.5, 0.6) is 17.2 Å². The first-order chi connectivity index (χ1) is 14.0. The SMILES string of the molecule is C#CCOc1cc(Br)c(C=NNC(=O)c2cc3ccccc3cc2O)cc1OC. The molecule has 3 aromatic carbocycles. The lowest BCUT2D eigenvalue weighted by atomic mass is 10.1. The van der Waals surface area contributed by atoms with E-state index in [1.54, 1.807) is 24.3 Å². The molecule has 3 aromatic rings. The molecule has 0 aliphatic heterocycles. The molecule has 0 unspecified atom stereocenters. The Bertz CT molecular complexity index is 1140. The number of aromatic hydroxyl groups is 1. The van der Waals surface area contributed by atoms with E-state index >= 15 is 0 Å². The number of carbonyl (C=O) groups excluding carboxylic acids is 1. The van der Waals surface area contributed by atoms with Crippen LogP contribution >= 0.6 is 15.9 Å². The number of carbonyl (C=O) groups is 1. The van der Waals surface area contributed by atoms with Gasteiger partial charge in [-0.15, -0.1) is 6.42 Å². The number of nitrogens with zero attached hydrogens (tertiary/aromatic N) is 1. The summed E-state index contributed by atoms with van der Waals surface area (Å²) in [6, 6.07) is 14.0. The summed E-state index contributed by atoms with van der Waals surface area (Å²) >= 11 is 3.42. The van der Waals surface area contributed by atoms with Crippen molar-refractivity contribution in [3.05, 3.63) is 64.1 Å². The van der Waals surface area contributed by atoms with Crippen molar-refractivity contribution in [2.45, 2.75) is 0 Å². The molecular formula is C22H17BrN2O4. The van der Waals surface area contributed by atoms with Crippen molar-refractivity contribution in [1.29, 1.82) is 0 Å². The van der Waals surface area contributed by atoms with Crippen LogP contribution in [0.3, 0.4) is 0 Å². The summed E-state index contributed by atoms with van der Waals surface area (Å²) in [4.78, 5) is 12.4. The molecule has 0 aliphatic carbocycles. The maximum absolute atomic E-state index is 12.4. The number of benzene rings is 3. The molecule has 0 saturated carbocycles. The van der Waals surface area contributed by atoms with Crippen molar-refractivity contribution < 1.29 is 19.4 Å². The fourth-order valence-corrected chi connectivity index (χ4v) is 3.10. The number of ether oxygens (including phenoxy) is 2. The summed E-state index contributed by atoms with van der Waals surface area (Å²) in [5.74, 6) is 2.71. The average Bonchev–Trinajstić information content (AvgIpc) is 2.72. The number of rotatable bonds is 6. The van der Waals surface area contributed by atoms with Crippen LogP contribution in [0.25, 0.3) is 10.8 Å². The summed E-state index contributed by atoms with van der Waals surface area (Å²) in [5, 5.41) is 15.8. The van der Waals surface area contributed by atoms with Gasteiger partial charge in [0.15, 0.2) is 11.5 Å². The minimum Gasteiger partial charge on any atom is -0.507 e. The number of halogens is 1.